The number of hydrogen-bond donors (Lipinski definition) is 2. The Balaban J connectivity index is 0.00000200. The average Bonchev–Trinajstić information content (AvgIpc) is 2.39. The zero-order chi connectivity index (χ0) is 13.9. The topological polar surface area (TPSA) is 81.4 Å². The van der Waals surface area contributed by atoms with Gasteiger partial charge in [0.25, 0.3) is 0 Å². The van der Waals surface area contributed by atoms with E-state index in [1.54, 1.807) is 0 Å². The van der Waals surface area contributed by atoms with E-state index in [4.69, 9.17) is 10.5 Å². The number of sulfonamides is 1. The van der Waals surface area contributed by atoms with Crippen molar-refractivity contribution in [3.05, 3.63) is 30.1 Å². The van der Waals surface area contributed by atoms with Gasteiger partial charge in [0, 0.05) is 12.6 Å². The maximum absolute atomic E-state index is 12.7. The van der Waals surface area contributed by atoms with E-state index in [0.717, 1.165) is 25.0 Å². The van der Waals surface area contributed by atoms with E-state index in [-0.39, 0.29) is 36.0 Å². The average molecular weight is 325 g/mol. The van der Waals surface area contributed by atoms with Crippen molar-refractivity contribution in [2.24, 2.45) is 5.73 Å². The standard InChI is InChI=1S/C12H17FN2O3S.ClH/c13-9-1-5-12(6-2-9)19(16,17)15-7-11-4-3-10(14)8-18-11;/h1-2,5-6,10-11,15H,3-4,7-8,14H2;1H/t10-,11+;/m1./s1. The van der Waals surface area contributed by atoms with Crippen molar-refractivity contribution in [2.45, 2.75) is 29.9 Å². The first-order valence-corrected chi connectivity index (χ1v) is 7.58. The highest BCUT2D eigenvalue weighted by Crippen LogP contribution is 2.13. The normalized spacial score (nSPS) is 23.1. The summed E-state index contributed by atoms with van der Waals surface area (Å²) in [5.74, 6) is -0.469. The Morgan fingerprint density at radius 3 is 2.50 bits per heavy atom. The monoisotopic (exact) mass is 324 g/mol. The van der Waals surface area contributed by atoms with Crippen LogP contribution < -0.4 is 10.5 Å². The molecular weight excluding hydrogens is 307 g/mol. The molecule has 5 nitrogen and oxygen atoms in total. The first-order valence-electron chi connectivity index (χ1n) is 6.10. The molecule has 3 N–H and O–H groups in total. The number of halogens is 2. The van der Waals surface area contributed by atoms with E-state index in [1.165, 1.54) is 12.1 Å². The minimum absolute atomic E-state index is 0. The zero-order valence-electron chi connectivity index (χ0n) is 10.8. The predicted octanol–water partition coefficient (Wildman–Crippen LogP) is 1.03. The molecule has 0 saturated carbocycles. The Kier molecular flexibility index (Phi) is 6.35. The van der Waals surface area contributed by atoms with Crippen LogP contribution in [0.1, 0.15) is 12.8 Å². The molecule has 8 heteroatoms. The van der Waals surface area contributed by atoms with Gasteiger partial charge in [-0.15, -0.1) is 12.4 Å². The third kappa shape index (κ3) is 4.68. The number of nitrogens with two attached hydrogens (primary N) is 1. The minimum atomic E-state index is -3.62. The van der Waals surface area contributed by atoms with Crippen LogP contribution in [-0.4, -0.2) is 33.7 Å². The molecule has 1 aromatic carbocycles. The molecule has 0 aliphatic carbocycles. The van der Waals surface area contributed by atoms with Crippen molar-refractivity contribution >= 4 is 22.4 Å². The van der Waals surface area contributed by atoms with Crippen LogP contribution in [0.3, 0.4) is 0 Å². The first-order chi connectivity index (χ1) is 8.97. The Hall–Kier alpha value is -0.730. The van der Waals surface area contributed by atoms with Gasteiger partial charge in [-0.25, -0.2) is 17.5 Å². The Bertz CT molecular complexity index is 516. The molecule has 1 fully saturated rings. The van der Waals surface area contributed by atoms with E-state index >= 15 is 0 Å². The summed E-state index contributed by atoms with van der Waals surface area (Å²) in [5, 5.41) is 0. The largest absolute Gasteiger partial charge is 0.375 e. The lowest BCUT2D eigenvalue weighted by atomic mass is 10.1. The Morgan fingerprint density at radius 1 is 1.30 bits per heavy atom. The van der Waals surface area contributed by atoms with Gasteiger partial charge in [-0.2, -0.15) is 0 Å². The molecule has 20 heavy (non-hydrogen) atoms. The number of rotatable bonds is 4. The molecule has 1 aliphatic heterocycles. The fourth-order valence-corrected chi connectivity index (χ4v) is 2.95. The van der Waals surface area contributed by atoms with Crippen LogP contribution >= 0.6 is 12.4 Å². The second kappa shape index (κ2) is 7.33. The number of nitrogens with one attached hydrogen (secondary N) is 1. The highest BCUT2D eigenvalue weighted by Gasteiger charge is 2.21. The Labute approximate surface area is 124 Å². The van der Waals surface area contributed by atoms with Gasteiger partial charge in [0.05, 0.1) is 17.6 Å². The summed E-state index contributed by atoms with van der Waals surface area (Å²) in [4.78, 5) is 0.0430. The van der Waals surface area contributed by atoms with Crippen molar-refractivity contribution in [3.63, 3.8) is 0 Å². The van der Waals surface area contributed by atoms with Crippen LogP contribution in [0.25, 0.3) is 0 Å². The van der Waals surface area contributed by atoms with Gasteiger partial charge >= 0.3 is 0 Å². The maximum atomic E-state index is 12.7. The lowest BCUT2D eigenvalue weighted by Gasteiger charge is -2.26. The summed E-state index contributed by atoms with van der Waals surface area (Å²) < 4.78 is 44.5. The second-order valence-corrected chi connectivity index (χ2v) is 6.37. The molecule has 114 valence electrons. The molecule has 2 rings (SSSR count). The van der Waals surface area contributed by atoms with Gasteiger partial charge in [0.15, 0.2) is 0 Å². The van der Waals surface area contributed by atoms with E-state index in [1.807, 2.05) is 0 Å². The summed E-state index contributed by atoms with van der Waals surface area (Å²) in [6, 6.07) is 4.73. The third-order valence-corrected chi connectivity index (χ3v) is 4.47. The summed E-state index contributed by atoms with van der Waals surface area (Å²) in [6.45, 7) is 0.648. The molecule has 1 saturated heterocycles. The molecule has 0 aromatic heterocycles. The van der Waals surface area contributed by atoms with Crippen LogP contribution in [0.15, 0.2) is 29.2 Å². The van der Waals surface area contributed by atoms with Crippen LogP contribution in [0.4, 0.5) is 4.39 Å². The van der Waals surface area contributed by atoms with Crippen molar-refractivity contribution in [1.82, 2.24) is 4.72 Å². The molecule has 1 aromatic rings. The molecular formula is C12H18ClFN2O3S. The molecule has 0 bridgehead atoms. The van der Waals surface area contributed by atoms with Crippen LogP contribution in [0.2, 0.25) is 0 Å². The van der Waals surface area contributed by atoms with E-state index < -0.39 is 15.8 Å². The molecule has 0 amide bonds. The van der Waals surface area contributed by atoms with Gasteiger partial charge in [0.2, 0.25) is 10.0 Å². The molecule has 0 radical (unpaired) electrons. The molecule has 2 atom stereocenters. The minimum Gasteiger partial charge on any atom is -0.375 e. The fourth-order valence-electron chi connectivity index (χ4n) is 1.89. The summed E-state index contributed by atoms with van der Waals surface area (Å²) in [7, 11) is -3.62. The highest BCUT2D eigenvalue weighted by atomic mass is 35.5. The zero-order valence-corrected chi connectivity index (χ0v) is 12.4. The van der Waals surface area contributed by atoms with Gasteiger partial charge in [-0.05, 0) is 37.1 Å². The quantitative estimate of drug-likeness (QED) is 0.867. The SMILES string of the molecule is Cl.N[C@@H]1CC[C@@H](CNS(=O)(=O)c2ccc(F)cc2)OC1. The van der Waals surface area contributed by atoms with Crippen molar-refractivity contribution in [3.8, 4) is 0 Å². The summed E-state index contributed by atoms with van der Waals surface area (Å²) >= 11 is 0. The molecule has 0 spiro atoms. The van der Waals surface area contributed by atoms with E-state index in [9.17, 15) is 12.8 Å². The van der Waals surface area contributed by atoms with Crippen molar-refractivity contribution in [1.29, 1.82) is 0 Å². The second-order valence-electron chi connectivity index (χ2n) is 4.60. The Morgan fingerprint density at radius 2 is 1.95 bits per heavy atom. The van der Waals surface area contributed by atoms with Gasteiger partial charge in [-0.3, -0.25) is 0 Å². The summed E-state index contributed by atoms with van der Waals surface area (Å²) in [6.07, 6.45) is 1.39. The lowest BCUT2D eigenvalue weighted by molar-refractivity contribution is 0.00924. The van der Waals surface area contributed by atoms with E-state index in [0.29, 0.717) is 6.61 Å². The molecule has 0 unspecified atom stereocenters. The highest BCUT2D eigenvalue weighted by molar-refractivity contribution is 7.89. The third-order valence-electron chi connectivity index (χ3n) is 3.03. The summed E-state index contributed by atoms with van der Waals surface area (Å²) in [5.41, 5.74) is 5.68. The predicted molar refractivity (Wildman–Crippen MR) is 75.8 cm³/mol. The van der Waals surface area contributed by atoms with Gasteiger partial charge < -0.3 is 10.5 Å². The van der Waals surface area contributed by atoms with Crippen LogP contribution in [-0.2, 0) is 14.8 Å². The smallest absolute Gasteiger partial charge is 0.240 e. The van der Waals surface area contributed by atoms with Crippen LogP contribution in [0.5, 0.6) is 0 Å². The number of ether oxygens (including phenoxy) is 1. The molecule has 1 heterocycles. The lowest BCUT2D eigenvalue weighted by Crippen LogP contribution is -2.41. The maximum Gasteiger partial charge on any atom is 0.240 e. The number of hydrogen-bond acceptors (Lipinski definition) is 4. The van der Waals surface area contributed by atoms with E-state index in [2.05, 4.69) is 4.72 Å². The first kappa shape index (κ1) is 17.3. The van der Waals surface area contributed by atoms with Crippen molar-refractivity contribution in [2.75, 3.05) is 13.2 Å². The van der Waals surface area contributed by atoms with Gasteiger partial charge in [0.1, 0.15) is 5.82 Å². The molecule has 1 aliphatic rings. The fraction of sp³-hybridized carbons (Fsp3) is 0.500. The van der Waals surface area contributed by atoms with Crippen LogP contribution in [0, 0.1) is 5.82 Å². The van der Waals surface area contributed by atoms with Gasteiger partial charge in [-0.1, -0.05) is 0 Å². The number of benzene rings is 1. The van der Waals surface area contributed by atoms with Crippen molar-refractivity contribution < 1.29 is 17.5 Å².